The van der Waals surface area contributed by atoms with Crippen LogP contribution in [-0.4, -0.2) is 17.0 Å². The maximum atomic E-state index is 12.3. The van der Waals surface area contributed by atoms with Crippen LogP contribution in [0, 0.1) is 13.8 Å². The predicted octanol–water partition coefficient (Wildman–Crippen LogP) is 3.17. The second-order valence-corrected chi connectivity index (χ2v) is 4.83. The summed E-state index contributed by atoms with van der Waals surface area (Å²) in [4.78, 5) is 22.9. The van der Waals surface area contributed by atoms with E-state index in [-0.39, 0.29) is 12.3 Å². The maximum Gasteiger partial charge on any atom is 0.303 e. The number of anilines is 1. The van der Waals surface area contributed by atoms with Gasteiger partial charge in [-0.3, -0.25) is 9.59 Å². The molecule has 2 aromatic rings. The van der Waals surface area contributed by atoms with Crippen LogP contribution in [0.4, 0.5) is 5.69 Å². The number of carbonyl (C=O) groups excluding carboxylic acids is 1. The maximum absolute atomic E-state index is 12.3. The number of carboxylic acid groups (broad SMARTS) is 1. The summed E-state index contributed by atoms with van der Waals surface area (Å²) >= 11 is 0. The van der Waals surface area contributed by atoms with Crippen molar-refractivity contribution in [2.45, 2.75) is 26.7 Å². The molecule has 0 aliphatic carbocycles. The largest absolute Gasteiger partial charge is 0.481 e. The molecule has 1 aromatic carbocycles. The summed E-state index contributed by atoms with van der Waals surface area (Å²) in [5.41, 5.74) is 1.91. The SMILES string of the molecule is Cc1cc(C(=O)Nc2ccccc2CCC(=O)O)c(C)o1. The molecule has 0 aliphatic heterocycles. The van der Waals surface area contributed by atoms with Gasteiger partial charge in [-0.15, -0.1) is 0 Å². The summed E-state index contributed by atoms with van der Waals surface area (Å²) in [5, 5.41) is 11.6. The Labute approximate surface area is 122 Å². The van der Waals surface area contributed by atoms with E-state index >= 15 is 0 Å². The normalized spacial score (nSPS) is 10.4. The van der Waals surface area contributed by atoms with Crippen molar-refractivity contribution in [2.75, 3.05) is 5.32 Å². The fraction of sp³-hybridized carbons (Fsp3) is 0.250. The molecule has 5 nitrogen and oxygen atoms in total. The number of benzene rings is 1. The summed E-state index contributed by atoms with van der Waals surface area (Å²) in [5.74, 6) is 0.120. The van der Waals surface area contributed by atoms with Crippen LogP contribution in [0.15, 0.2) is 34.7 Å². The van der Waals surface area contributed by atoms with Crippen molar-refractivity contribution in [3.8, 4) is 0 Å². The molecule has 0 atom stereocenters. The number of hydrogen-bond acceptors (Lipinski definition) is 3. The van der Waals surface area contributed by atoms with E-state index in [2.05, 4.69) is 5.32 Å². The smallest absolute Gasteiger partial charge is 0.303 e. The average Bonchev–Trinajstić information content (AvgIpc) is 2.76. The number of rotatable bonds is 5. The summed E-state index contributed by atoms with van der Waals surface area (Å²) in [6, 6.07) is 8.88. The molecular weight excluding hydrogens is 270 g/mol. The molecule has 1 aromatic heterocycles. The van der Waals surface area contributed by atoms with Gasteiger partial charge in [0, 0.05) is 12.1 Å². The van der Waals surface area contributed by atoms with Crippen molar-refractivity contribution >= 4 is 17.6 Å². The lowest BCUT2D eigenvalue weighted by Crippen LogP contribution is -2.14. The van der Waals surface area contributed by atoms with E-state index in [1.54, 1.807) is 32.0 Å². The van der Waals surface area contributed by atoms with Crippen molar-refractivity contribution in [2.24, 2.45) is 0 Å². The first kappa shape index (κ1) is 14.8. The number of aliphatic carboxylic acids is 1. The molecule has 2 rings (SSSR count). The molecule has 0 saturated carbocycles. The molecule has 0 fully saturated rings. The van der Waals surface area contributed by atoms with Crippen LogP contribution in [0.1, 0.15) is 33.9 Å². The van der Waals surface area contributed by atoms with Crippen LogP contribution < -0.4 is 5.32 Å². The number of hydrogen-bond donors (Lipinski definition) is 2. The third-order valence-electron chi connectivity index (χ3n) is 3.16. The highest BCUT2D eigenvalue weighted by Crippen LogP contribution is 2.20. The number of amides is 1. The summed E-state index contributed by atoms with van der Waals surface area (Å²) < 4.78 is 5.34. The molecule has 0 spiro atoms. The zero-order valence-electron chi connectivity index (χ0n) is 12.0. The molecule has 1 heterocycles. The van der Waals surface area contributed by atoms with Crippen LogP contribution in [-0.2, 0) is 11.2 Å². The Bertz CT molecular complexity index is 673. The van der Waals surface area contributed by atoms with Crippen LogP contribution >= 0.6 is 0 Å². The fourth-order valence-electron chi connectivity index (χ4n) is 2.15. The monoisotopic (exact) mass is 287 g/mol. The quantitative estimate of drug-likeness (QED) is 0.885. The topological polar surface area (TPSA) is 79.5 Å². The molecule has 5 heteroatoms. The van der Waals surface area contributed by atoms with Gasteiger partial charge in [-0.2, -0.15) is 0 Å². The van der Waals surface area contributed by atoms with Gasteiger partial charge in [0.25, 0.3) is 5.91 Å². The summed E-state index contributed by atoms with van der Waals surface area (Å²) in [6.07, 6.45) is 0.395. The zero-order valence-corrected chi connectivity index (χ0v) is 12.0. The standard InChI is InChI=1S/C16H17NO4/c1-10-9-13(11(2)21-10)16(20)17-14-6-4-3-5-12(14)7-8-15(18)19/h3-6,9H,7-8H2,1-2H3,(H,17,20)(H,18,19). The van der Waals surface area contributed by atoms with Gasteiger partial charge in [-0.1, -0.05) is 18.2 Å². The Hall–Kier alpha value is -2.56. The van der Waals surface area contributed by atoms with Gasteiger partial charge in [0.2, 0.25) is 0 Å². The van der Waals surface area contributed by atoms with Gasteiger partial charge >= 0.3 is 5.97 Å². The Balaban J connectivity index is 2.17. The van der Waals surface area contributed by atoms with Crippen LogP contribution in [0.25, 0.3) is 0 Å². The molecule has 21 heavy (non-hydrogen) atoms. The van der Waals surface area contributed by atoms with Crippen LogP contribution in [0.3, 0.4) is 0 Å². The minimum Gasteiger partial charge on any atom is -0.481 e. The molecule has 1 amide bonds. The first-order valence-electron chi connectivity index (χ1n) is 6.65. The van der Waals surface area contributed by atoms with E-state index in [1.165, 1.54) is 0 Å². The fourth-order valence-corrected chi connectivity index (χ4v) is 2.15. The molecule has 0 bridgehead atoms. The highest BCUT2D eigenvalue weighted by Gasteiger charge is 2.15. The first-order valence-corrected chi connectivity index (χ1v) is 6.65. The number of carbonyl (C=O) groups is 2. The Kier molecular flexibility index (Phi) is 4.42. The molecule has 0 saturated heterocycles. The summed E-state index contributed by atoms with van der Waals surface area (Å²) in [7, 11) is 0. The molecular formula is C16H17NO4. The van der Waals surface area contributed by atoms with Crippen molar-refractivity contribution in [3.05, 3.63) is 53.0 Å². The van der Waals surface area contributed by atoms with Gasteiger partial charge < -0.3 is 14.8 Å². The van der Waals surface area contributed by atoms with Gasteiger partial charge in [-0.25, -0.2) is 0 Å². The third kappa shape index (κ3) is 3.72. The van der Waals surface area contributed by atoms with E-state index in [4.69, 9.17) is 9.52 Å². The Morgan fingerprint density at radius 2 is 1.95 bits per heavy atom. The lowest BCUT2D eigenvalue weighted by molar-refractivity contribution is -0.136. The summed E-state index contributed by atoms with van der Waals surface area (Å²) in [6.45, 7) is 3.52. The molecule has 110 valence electrons. The van der Waals surface area contributed by atoms with Crippen molar-refractivity contribution in [1.82, 2.24) is 0 Å². The van der Waals surface area contributed by atoms with E-state index in [1.807, 2.05) is 12.1 Å². The number of para-hydroxylation sites is 1. The van der Waals surface area contributed by atoms with E-state index in [0.717, 1.165) is 5.56 Å². The van der Waals surface area contributed by atoms with Crippen LogP contribution in [0.5, 0.6) is 0 Å². The van der Waals surface area contributed by atoms with E-state index < -0.39 is 5.97 Å². The zero-order chi connectivity index (χ0) is 15.4. The van der Waals surface area contributed by atoms with Crippen molar-refractivity contribution in [1.29, 1.82) is 0 Å². The average molecular weight is 287 g/mol. The van der Waals surface area contributed by atoms with E-state index in [0.29, 0.717) is 29.2 Å². The number of nitrogens with one attached hydrogen (secondary N) is 1. The number of carboxylic acids is 1. The molecule has 0 radical (unpaired) electrons. The van der Waals surface area contributed by atoms with Gasteiger partial charge in [-0.05, 0) is 38.0 Å². The minimum absolute atomic E-state index is 0.0245. The van der Waals surface area contributed by atoms with Gasteiger partial charge in [0.1, 0.15) is 11.5 Å². The van der Waals surface area contributed by atoms with Crippen molar-refractivity contribution in [3.63, 3.8) is 0 Å². The highest BCUT2D eigenvalue weighted by atomic mass is 16.4. The van der Waals surface area contributed by atoms with Crippen LogP contribution in [0.2, 0.25) is 0 Å². The first-order chi connectivity index (χ1) is 9.97. The van der Waals surface area contributed by atoms with Crippen molar-refractivity contribution < 1.29 is 19.1 Å². The lowest BCUT2D eigenvalue weighted by atomic mass is 10.1. The van der Waals surface area contributed by atoms with Gasteiger partial charge in [0.05, 0.1) is 5.56 Å². The molecule has 0 aliphatic rings. The second kappa shape index (κ2) is 6.26. The second-order valence-electron chi connectivity index (χ2n) is 4.83. The third-order valence-corrected chi connectivity index (χ3v) is 3.16. The number of furan rings is 1. The van der Waals surface area contributed by atoms with E-state index in [9.17, 15) is 9.59 Å². The molecule has 2 N–H and O–H groups in total. The Morgan fingerprint density at radius 1 is 1.24 bits per heavy atom. The highest BCUT2D eigenvalue weighted by molar-refractivity contribution is 6.05. The molecule has 0 unspecified atom stereocenters. The lowest BCUT2D eigenvalue weighted by Gasteiger charge is -2.10. The number of aryl methyl sites for hydroxylation is 3. The Morgan fingerprint density at radius 3 is 2.57 bits per heavy atom. The predicted molar refractivity (Wildman–Crippen MR) is 78.5 cm³/mol. The van der Waals surface area contributed by atoms with Gasteiger partial charge in [0.15, 0.2) is 0 Å². The minimum atomic E-state index is -0.863.